The summed E-state index contributed by atoms with van der Waals surface area (Å²) < 4.78 is 0. The maximum absolute atomic E-state index is 6.02. The molecule has 1 saturated heterocycles. The number of rotatable bonds is 6. The smallest absolute Gasteiger partial charge is 0.0331 e. The highest BCUT2D eigenvalue weighted by atomic mass is 32.1. The Bertz CT molecular complexity index is 329. The van der Waals surface area contributed by atoms with Crippen molar-refractivity contribution in [1.82, 2.24) is 10.2 Å². The molecule has 1 aliphatic rings. The van der Waals surface area contributed by atoms with E-state index in [0.29, 0.717) is 0 Å². The molecule has 1 aliphatic heterocycles. The molecule has 0 saturated carbocycles. The van der Waals surface area contributed by atoms with Crippen molar-refractivity contribution < 1.29 is 0 Å². The third kappa shape index (κ3) is 3.54. The van der Waals surface area contributed by atoms with Crippen molar-refractivity contribution >= 4 is 11.3 Å². The summed E-state index contributed by atoms with van der Waals surface area (Å²) in [6.45, 7) is 7.55. The van der Waals surface area contributed by atoms with Gasteiger partial charge < -0.3 is 16.0 Å². The largest absolute Gasteiger partial charge is 0.329 e. The lowest BCUT2D eigenvalue weighted by Crippen LogP contribution is -2.57. The van der Waals surface area contributed by atoms with Gasteiger partial charge in [-0.05, 0) is 50.3 Å². The molecule has 18 heavy (non-hydrogen) atoms. The SMILES string of the molecule is CCCN1CCC(CN)(NCc2cccs2)CC1. The van der Waals surface area contributed by atoms with Crippen LogP contribution in [0, 0.1) is 0 Å². The molecule has 102 valence electrons. The highest BCUT2D eigenvalue weighted by Gasteiger charge is 2.32. The Morgan fingerprint density at radius 3 is 2.78 bits per heavy atom. The molecule has 3 N–H and O–H groups in total. The van der Waals surface area contributed by atoms with Crippen LogP contribution in [0.2, 0.25) is 0 Å². The quantitative estimate of drug-likeness (QED) is 0.829. The van der Waals surface area contributed by atoms with Crippen LogP contribution in [0.5, 0.6) is 0 Å². The summed E-state index contributed by atoms with van der Waals surface area (Å²) in [6, 6.07) is 4.30. The van der Waals surface area contributed by atoms with Crippen LogP contribution in [-0.2, 0) is 6.54 Å². The zero-order chi connectivity index (χ0) is 12.8. The van der Waals surface area contributed by atoms with Crippen molar-refractivity contribution in [2.24, 2.45) is 5.73 Å². The predicted octanol–water partition coefficient (Wildman–Crippen LogP) is 2.04. The summed E-state index contributed by atoms with van der Waals surface area (Å²) in [4.78, 5) is 3.96. The lowest BCUT2D eigenvalue weighted by molar-refractivity contribution is 0.138. The number of hydrogen-bond donors (Lipinski definition) is 2. The fourth-order valence-electron chi connectivity index (χ4n) is 2.66. The number of nitrogens with one attached hydrogen (secondary N) is 1. The molecule has 1 aromatic heterocycles. The van der Waals surface area contributed by atoms with Crippen LogP contribution >= 0.6 is 11.3 Å². The van der Waals surface area contributed by atoms with Gasteiger partial charge >= 0.3 is 0 Å². The van der Waals surface area contributed by atoms with Gasteiger partial charge in [0.15, 0.2) is 0 Å². The Morgan fingerprint density at radius 1 is 1.44 bits per heavy atom. The van der Waals surface area contributed by atoms with Gasteiger partial charge in [-0.3, -0.25) is 0 Å². The fourth-order valence-corrected chi connectivity index (χ4v) is 3.31. The van der Waals surface area contributed by atoms with Gasteiger partial charge in [0.1, 0.15) is 0 Å². The van der Waals surface area contributed by atoms with Crippen molar-refractivity contribution in [3.05, 3.63) is 22.4 Å². The average Bonchev–Trinajstić information content (AvgIpc) is 2.92. The Morgan fingerprint density at radius 2 is 2.22 bits per heavy atom. The number of piperidine rings is 1. The van der Waals surface area contributed by atoms with E-state index in [1.54, 1.807) is 0 Å². The minimum absolute atomic E-state index is 0.161. The van der Waals surface area contributed by atoms with Crippen LogP contribution < -0.4 is 11.1 Å². The first-order valence-electron chi connectivity index (χ1n) is 6.98. The Hall–Kier alpha value is -0.420. The number of nitrogens with two attached hydrogens (primary N) is 1. The van der Waals surface area contributed by atoms with E-state index in [9.17, 15) is 0 Å². The highest BCUT2D eigenvalue weighted by molar-refractivity contribution is 7.09. The predicted molar refractivity (Wildman–Crippen MR) is 78.9 cm³/mol. The molecule has 0 bridgehead atoms. The maximum Gasteiger partial charge on any atom is 0.0331 e. The van der Waals surface area contributed by atoms with Gasteiger partial charge in [0.25, 0.3) is 0 Å². The zero-order valence-corrected chi connectivity index (χ0v) is 12.1. The summed E-state index contributed by atoms with van der Waals surface area (Å²) >= 11 is 1.82. The average molecular weight is 267 g/mol. The van der Waals surface area contributed by atoms with Crippen LogP contribution in [0.3, 0.4) is 0 Å². The summed E-state index contributed by atoms with van der Waals surface area (Å²) in [5, 5.41) is 5.84. The molecule has 0 amide bonds. The number of hydrogen-bond acceptors (Lipinski definition) is 4. The molecule has 0 unspecified atom stereocenters. The first-order valence-corrected chi connectivity index (χ1v) is 7.86. The van der Waals surface area contributed by atoms with Crippen molar-refractivity contribution in [2.45, 2.75) is 38.3 Å². The lowest BCUT2D eigenvalue weighted by atomic mass is 9.87. The number of nitrogens with zero attached hydrogens (tertiary/aromatic N) is 1. The molecule has 2 heterocycles. The van der Waals surface area contributed by atoms with Crippen molar-refractivity contribution in [1.29, 1.82) is 0 Å². The standard InChI is InChI=1S/C14H25N3S/c1-2-7-17-8-5-14(12-15,6-9-17)16-11-13-4-3-10-18-13/h3-4,10,16H,2,5-9,11-12,15H2,1H3. The molecular formula is C14H25N3S. The minimum atomic E-state index is 0.161. The highest BCUT2D eigenvalue weighted by Crippen LogP contribution is 2.22. The van der Waals surface area contributed by atoms with E-state index >= 15 is 0 Å². The molecular weight excluding hydrogens is 242 g/mol. The first-order chi connectivity index (χ1) is 8.78. The molecule has 0 spiro atoms. The topological polar surface area (TPSA) is 41.3 Å². The Labute approximate surface area is 114 Å². The van der Waals surface area contributed by atoms with E-state index < -0.39 is 0 Å². The van der Waals surface area contributed by atoms with Gasteiger partial charge in [-0.25, -0.2) is 0 Å². The molecule has 1 aromatic rings. The van der Waals surface area contributed by atoms with E-state index in [-0.39, 0.29) is 5.54 Å². The molecule has 3 nitrogen and oxygen atoms in total. The van der Waals surface area contributed by atoms with E-state index in [0.717, 1.165) is 13.1 Å². The molecule has 0 atom stereocenters. The van der Waals surface area contributed by atoms with Crippen LogP contribution in [0.1, 0.15) is 31.1 Å². The monoisotopic (exact) mass is 267 g/mol. The van der Waals surface area contributed by atoms with Crippen LogP contribution in [0.4, 0.5) is 0 Å². The summed E-state index contributed by atoms with van der Waals surface area (Å²) in [6.07, 6.45) is 3.60. The van der Waals surface area contributed by atoms with E-state index in [1.165, 1.54) is 43.8 Å². The molecule has 4 heteroatoms. The van der Waals surface area contributed by atoms with Crippen LogP contribution in [-0.4, -0.2) is 36.6 Å². The molecule has 2 rings (SSSR count). The zero-order valence-electron chi connectivity index (χ0n) is 11.3. The summed E-state index contributed by atoms with van der Waals surface area (Å²) in [5.41, 5.74) is 6.18. The van der Waals surface area contributed by atoms with Gasteiger partial charge in [0.2, 0.25) is 0 Å². The summed E-state index contributed by atoms with van der Waals surface area (Å²) in [5.74, 6) is 0. The Kier molecular flexibility index (Phi) is 5.18. The van der Waals surface area contributed by atoms with Gasteiger partial charge in [0, 0.05) is 23.5 Å². The van der Waals surface area contributed by atoms with E-state index in [4.69, 9.17) is 5.73 Å². The van der Waals surface area contributed by atoms with Crippen LogP contribution in [0.15, 0.2) is 17.5 Å². The molecule has 0 aliphatic carbocycles. The molecule has 0 aromatic carbocycles. The van der Waals surface area contributed by atoms with Gasteiger partial charge in [0.05, 0.1) is 0 Å². The summed E-state index contributed by atoms with van der Waals surface area (Å²) in [7, 11) is 0. The number of likely N-dealkylation sites (tertiary alicyclic amines) is 1. The van der Waals surface area contributed by atoms with Crippen molar-refractivity contribution in [3.63, 3.8) is 0 Å². The normalized spacial score (nSPS) is 20.1. The van der Waals surface area contributed by atoms with E-state index in [2.05, 4.69) is 34.7 Å². The van der Waals surface area contributed by atoms with Gasteiger partial charge in [-0.1, -0.05) is 13.0 Å². The second-order valence-electron chi connectivity index (χ2n) is 5.26. The maximum atomic E-state index is 6.02. The van der Waals surface area contributed by atoms with Gasteiger partial charge in [-0.15, -0.1) is 11.3 Å². The molecule has 1 fully saturated rings. The van der Waals surface area contributed by atoms with Crippen LogP contribution in [0.25, 0.3) is 0 Å². The Balaban J connectivity index is 1.84. The third-order valence-corrected chi connectivity index (χ3v) is 4.84. The minimum Gasteiger partial charge on any atom is -0.329 e. The fraction of sp³-hybridized carbons (Fsp3) is 0.714. The number of thiophene rings is 1. The second-order valence-corrected chi connectivity index (χ2v) is 6.29. The van der Waals surface area contributed by atoms with E-state index in [1.807, 2.05) is 11.3 Å². The lowest BCUT2D eigenvalue weighted by Gasteiger charge is -2.42. The van der Waals surface area contributed by atoms with Crippen molar-refractivity contribution in [2.75, 3.05) is 26.2 Å². The first kappa shape index (κ1) is 14.0. The van der Waals surface area contributed by atoms with Gasteiger partial charge in [-0.2, -0.15) is 0 Å². The second kappa shape index (κ2) is 6.66. The molecule has 0 radical (unpaired) electrons. The van der Waals surface area contributed by atoms with Crippen molar-refractivity contribution in [3.8, 4) is 0 Å². The third-order valence-electron chi connectivity index (χ3n) is 3.96.